The number of fused-ring (bicyclic) bond motifs is 1. The lowest BCUT2D eigenvalue weighted by atomic mass is 9.66. The van der Waals surface area contributed by atoms with Crippen LogP contribution in [0.1, 0.15) is 144 Å². The molecule has 0 amide bonds. The Bertz CT molecular complexity index is 488. The lowest BCUT2D eigenvalue weighted by Crippen LogP contribution is -2.28. The van der Waals surface area contributed by atoms with Crippen molar-refractivity contribution >= 4 is 0 Å². The minimum atomic E-state index is 1.00. The lowest BCUT2D eigenvalue weighted by molar-refractivity contribution is 0.117. The molecule has 4 aliphatic rings. The van der Waals surface area contributed by atoms with E-state index in [9.17, 15) is 0 Å². The fourth-order valence-corrected chi connectivity index (χ4v) is 7.19. The normalized spacial score (nSPS) is 35.4. The Morgan fingerprint density at radius 3 is 2.16 bits per heavy atom. The molecular formula is C31H58. The minimum absolute atomic E-state index is 1.00. The zero-order chi connectivity index (χ0) is 22.6. The Balaban J connectivity index is 0.000000204. The van der Waals surface area contributed by atoms with Gasteiger partial charge in [-0.25, -0.2) is 0 Å². The van der Waals surface area contributed by atoms with Crippen LogP contribution in [0.25, 0.3) is 0 Å². The fraction of sp³-hybridized carbons (Fsp3) is 0.935. The highest BCUT2D eigenvalue weighted by atomic mass is 14.5. The van der Waals surface area contributed by atoms with Crippen molar-refractivity contribution in [2.75, 3.05) is 0 Å². The molecule has 0 aromatic rings. The summed E-state index contributed by atoms with van der Waals surface area (Å²) in [6.45, 7) is 13.4. The molecule has 0 bridgehead atoms. The van der Waals surface area contributed by atoms with E-state index in [-0.39, 0.29) is 0 Å². The highest BCUT2D eigenvalue weighted by molar-refractivity contribution is 5.03. The van der Waals surface area contributed by atoms with Gasteiger partial charge < -0.3 is 0 Å². The van der Waals surface area contributed by atoms with Gasteiger partial charge in [-0.2, -0.15) is 0 Å². The van der Waals surface area contributed by atoms with E-state index in [1.54, 1.807) is 44.1 Å². The van der Waals surface area contributed by atoms with Gasteiger partial charge in [-0.3, -0.25) is 0 Å². The second-order valence-electron chi connectivity index (χ2n) is 11.6. The molecule has 7 atom stereocenters. The molecule has 0 spiro atoms. The highest BCUT2D eigenvalue weighted by Crippen LogP contribution is 2.53. The molecule has 182 valence electrons. The van der Waals surface area contributed by atoms with E-state index in [4.69, 9.17) is 0 Å². The summed E-state index contributed by atoms with van der Waals surface area (Å²) in [4.78, 5) is 0. The lowest BCUT2D eigenvalue weighted by Gasteiger charge is -2.39. The van der Waals surface area contributed by atoms with E-state index in [2.05, 4.69) is 33.8 Å². The first-order valence-electron chi connectivity index (χ1n) is 14.8. The molecule has 0 aliphatic heterocycles. The summed E-state index contributed by atoms with van der Waals surface area (Å²) < 4.78 is 0. The second-order valence-corrected chi connectivity index (χ2v) is 11.6. The van der Waals surface area contributed by atoms with Crippen molar-refractivity contribution in [2.24, 2.45) is 41.4 Å². The Labute approximate surface area is 197 Å². The van der Waals surface area contributed by atoms with Gasteiger partial charge in [0.25, 0.3) is 0 Å². The number of hydrogen-bond acceptors (Lipinski definition) is 0. The van der Waals surface area contributed by atoms with Crippen LogP contribution in [0.2, 0.25) is 0 Å². The molecule has 4 rings (SSSR count). The van der Waals surface area contributed by atoms with E-state index in [0.29, 0.717) is 0 Å². The molecule has 0 nitrogen and oxygen atoms in total. The third-order valence-electron chi connectivity index (χ3n) is 9.29. The summed E-state index contributed by atoms with van der Waals surface area (Å²) in [5.74, 6) is 7.67. The van der Waals surface area contributed by atoms with Gasteiger partial charge in [-0.15, -0.1) is 0 Å². The maximum Gasteiger partial charge on any atom is -0.0294 e. The van der Waals surface area contributed by atoms with Gasteiger partial charge in [0, 0.05) is 0 Å². The molecule has 3 saturated carbocycles. The maximum absolute atomic E-state index is 2.46. The molecule has 4 aliphatic carbocycles. The van der Waals surface area contributed by atoms with E-state index in [1.165, 1.54) is 64.2 Å². The molecule has 7 unspecified atom stereocenters. The van der Waals surface area contributed by atoms with Gasteiger partial charge in [0.2, 0.25) is 0 Å². The quantitative estimate of drug-likeness (QED) is 0.352. The molecule has 0 aromatic carbocycles. The summed E-state index contributed by atoms with van der Waals surface area (Å²) in [6, 6.07) is 0. The average molecular weight is 431 g/mol. The molecule has 0 saturated heterocycles. The SMILES string of the molecule is CC.CC1CC1C1CCC2CCCCC2C1.CCCC(CC)CCC1CCC=C(C)C1. The molecule has 31 heavy (non-hydrogen) atoms. The average Bonchev–Trinajstić information content (AvgIpc) is 3.54. The highest BCUT2D eigenvalue weighted by Gasteiger charge is 2.43. The molecule has 0 radical (unpaired) electrons. The molecular weight excluding hydrogens is 372 g/mol. The smallest absolute Gasteiger partial charge is 0.0294 e. The zero-order valence-electron chi connectivity index (χ0n) is 22.4. The predicted octanol–water partition coefficient (Wildman–Crippen LogP) is 10.6. The third kappa shape index (κ3) is 9.25. The predicted molar refractivity (Wildman–Crippen MR) is 140 cm³/mol. The van der Waals surface area contributed by atoms with Gasteiger partial charge in [0.15, 0.2) is 0 Å². The molecule has 0 N–H and O–H groups in total. The maximum atomic E-state index is 2.46. The molecule has 0 heterocycles. The second kappa shape index (κ2) is 14.8. The van der Waals surface area contributed by atoms with Crippen LogP contribution in [0.4, 0.5) is 0 Å². The van der Waals surface area contributed by atoms with Crippen LogP contribution < -0.4 is 0 Å². The van der Waals surface area contributed by atoms with Crippen molar-refractivity contribution < 1.29 is 0 Å². The van der Waals surface area contributed by atoms with Crippen LogP contribution in [-0.2, 0) is 0 Å². The van der Waals surface area contributed by atoms with E-state index < -0.39 is 0 Å². The largest absolute Gasteiger partial charge is 0.0856 e. The number of allylic oxidation sites excluding steroid dienone is 2. The number of hydrogen-bond donors (Lipinski definition) is 0. The molecule has 0 aromatic heterocycles. The monoisotopic (exact) mass is 430 g/mol. The van der Waals surface area contributed by atoms with Crippen molar-refractivity contribution in [1.82, 2.24) is 0 Å². The van der Waals surface area contributed by atoms with Crippen molar-refractivity contribution in [1.29, 1.82) is 0 Å². The van der Waals surface area contributed by atoms with Crippen molar-refractivity contribution in [3.63, 3.8) is 0 Å². The van der Waals surface area contributed by atoms with Gasteiger partial charge in [0.05, 0.1) is 0 Å². The van der Waals surface area contributed by atoms with Gasteiger partial charge in [0.1, 0.15) is 0 Å². The Hall–Kier alpha value is -0.260. The first-order chi connectivity index (χ1) is 15.1. The van der Waals surface area contributed by atoms with Crippen LogP contribution in [0.3, 0.4) is 0 Å². The summed E-state index contributed by atoms with van der Waals surface area (Å²) in [6.07, 6.45) is 26.3. The first-order valence-corrected chi connectivity index (χ1v) is 14.8. The number of rotatable bonds is 7. The van der Waals surface area contributed by atoms with Gasteiger partial charge >= 0.3 is 0 Å². The minimum Gasteiger partial charge on any atom is -0.0856 e. The Kier molecular flexibility index (Phi) is 12.9. The van der Waals surface area contributed by atoms with E-state index >= 15 is 0 Å². The third-order valence-corrected chi connectivity index (χ3v) is 9.29. The van der Waals surface area contributed by atoms with Crippen LogP contribution in [-0.4, -0.2) is 0 Å². The van der Waals surface area contributed by atoms with Crippen molar-refractivity contribution in [3.8, 4) is 0 Å². The first kappa shape index (κ1) is 27.0. The topological polar surface area (TPSA) is 0 Å². The Morgan fingerprint density at radius 2 is 1.55 bits per heavy atom. The van der Waals surface area contributed by atoms with Gasteiger partial charge in [-0.1, -0.05) is 97.6 Å². The summed E-state index contributed by atoms with van der Waals surface area (Å²) in [5, 5.41) is 0. The fourth-order valence-electron chi connectivity index (χ4n) is 7.19. The Morgan fingerprint density at radius 1 is 0.871 bits per heavy atom. The molecule has 3 fully saturated rings. The van der Waals surface area contributed by atoms with Crippen LogP contribution in [0.5, 0.6) is 0 Å². The van der Waals surface area contributed by atoms with Crippen molar-refractivity contribution in [3.05, 3.63) is 11.6 Å². The summed E-state index contributed by atoms with van der Waals surface area (Å²) in [5.41, 5.74) is 1.63. The summed E-state index contributed by atoms with van der Waals surface area (Å²) in [7, 11) is 0. The van der Waals surface area contributed by atoms with E-state index in [1.807, 2.05) is 13.8 Å². The molecule has 0 heteroatoms. The zero-order valence-corrected chi connectivity index (χ0v) is 22.4. The summed E-state index contributed by atoms with van der Waals surface area (Å²) >= 11 is 0. The van der Waals surface area contributed by atoms with Gasteiger partial charge in [-0.05, 0) is 99.7 Å². The standard InChI is InChI=1S/C15H28.C14H24.C2H6/c1-4-7-14(5-2)10-11-15-9-6-8-13(3)12-15;1-10-8-14(10)13-7-6-11-4-2-3-5-12(11)9-13;1-2/h8,14-15H,4-7,9-12H2,1-3H3;10-14H,2-9H2,1H3;1-2H3. The van der Waals surface area contributed by atoms with E-state index in [0.717, 1.165) is 41.4 Å². The van der Waals surface area contributed by atoms with Crippen LogP contribution in [0, 0.1) is 41.4 Å². The van der Waals surface area contributed by atoms with Crippen LogP contribution >= 0.6 is 0 Å². The van der Waals surface area contributed by atoms with Crippen molar-refractivity contribution in [2.45, 2.75) is 144 Å². The van der Waals surface area contributed by atoms with Crippen LogP contribution in [0.15, 0.2) is 11.6 Å².